The van der Waals surface area contributed by atoms with E-state index in [-0.39, 0.29) is 6.09 Å². The predicted octanol–water partition coefficient (Wildman–Crippen LogP) is 2.15. The average Bonchev–Trinajstić information content (AvgIpc) is 2.94. The zero-order valence-electron chi connectivity index (χ0n) is 11.0. The predicted molar refractivity (Wildman–Crippen MR) is 72.8 cm³/mol. The van der Waals surface area contributed by atoms with Gasteiger partial charge in [-0.1, -0.05) is 30.3 Å². The van der Waals surface area contributed by atoms with Crippen LogP contribution in [0.25, 0.3) is 0 Å². The highest BCUT2D eigenvalue weighted by molar-refractivity contribution is 5.68. The fourth-order valence-electron chi connectivity index (χ4n) is 3.10. The highest BCUT2D eigenvalue weighted by Gasteiger charge is 2.37. The fraction of sp³-hybridized carbons (Fsp3) is 0.533. The third kappa shape index (κ3) is 2.73. The van der Waals surface area contributed by atoms with Crippen molar-refractivity contribution in [2.24, 2.45) is 0 Å². The third-order valence-electron chi connectivity index (χ3n) is 4.07. The second kappa shape index (κ2) is 5.61. The summed E-state index contributed by atoms with van der Waals surface area (Å²) in [6.45, 7) is 2.20. The van der Waals surface area contributed by atoms with Gasteiger partial charge in [-0.2, -0.15) is 0 Å². The molecule has 3 rings (SSSR count). The molecule has 4 heteroatoms. The van der Waals surface area contributed by atoms with Crippen molar-refractivity contribution in [2.45, 2.75) is 38.0 Å². The van der Waals surface area contributed by atoms with Gasteiger partial charge < -0.3 is 15.0 Å². The molecule has 1 N–H and O–H groups in total. The van der Waals surface area contributed by atoms with E-state index in [1.54, 1.807) is 0 Å². The van der Waals surface area contributed by atoms with Crippen LogP contribution in [0.2, 0.25) is 0 Å². The van der Waals surface area contributed by atoms with Gasteiger partial charge >= 0.3 is 6.09 Å². The maximum Gasteiger partial charge on any atom is 0.410 e. The molecule has 19 heavy (non-hydrogen) atoms. The third-order valence-corrected chi connectivity index (χ3v) is 4.07. The summed E-state index contributed by atoms with van der Waals surface area (Å²) in [6, 6.07) is 10.6. The number of likely N-dealkylation sites (tertiary alicyclic amines) is 1. The van der Waals surface area contributed by atoms with Crippen LogP contribution in [0.1, 0.15) is 24.8 Å². The van der Waals surface area contributed by atoms with E-state index in [4.69, 9.17) is 4.74 Å². The van der Waals surface area contributed by atoms with Crippen molar-refractivity contribution in [2.75, 3.05) is 13.1 Å². The van der Waals surface area contributed by atoms with E-state index < -0.39 is 0 Å². The Balaban J connectivity index is 1.57. The summed E-state index contributed by atoms with van der Waals surface area (Å²) in [6.07, 6.45) is 3.12. The van der Waals surface area contributed by atoms with Gasteiger partial charge in [-0.05, 0) is 31.4 Å². The van der Waals surface area contributed by atoms with E-state index in [2.05, 4.69) is 5.32 Å². The van der Waals surface area contributed by atoms with Gasteiger partial charge in [-0.25, -0.2) is 4.79 Å². The second-order valence-electron chi connectivity index (χ2n) is 5.29. The number of nitrogens with one attached hydrogen (secondary N) is 1. The molecule has 2 fully saturated rings. The number of hydrogen-bond donors (Lipinski definition) is 1. The zero-order chi connectivity index (χ0) is 13.1. The van der Waals surface area contributed by atoms with Gasteiger partial charge in [0.2, 0.25) is 0 Å². The molecule has 2 unspecified atom stereocenters. The van der Waals surface area contributed by atoms with Crippen LogP contribution in [0.3, 0.4) is 0 Å². The molecular weight excluding hydrogens is 240 g/mol. The number of nitrogens with zero attached hydrogens (tertiary/aromatic N) is 1. The van der Waals surface area contributed by atoms with Crippen LogP contribution in [0.15, 0.2) is 30.3 Å². The molecule has 0 aliphatic carbocycles. The molecule has 1 aromatic carbocycles. The molecule has 102 valence electrons. The smallest absolute Gasteiger partial charge is 0.410 e. The molecule has 0 aromatic heterocycles. The van der Waals surface area contributed by atoms with E-state index >= 15 is 0 Å². The van der Waals surface area contributed by atoms with Crippen molar-refractivity contribution in [3.63, 3.8) is 0 Å². The lowest BCUT2D eigenvalue weighted by molar-refractivity contribution is 0.0658. The minimum Gasteiger partial charge on any atom is -0.445 e. The molecule has 0 radical (unpaired) electrons. The maximum absolute atomic E-state index is 12.2. The molecule has 0 bridgehead atoms. The lowest BCUT2D eigenvalue weighted by Gasteiger charge is -2.36. The highest BCUT2D eigenvalue weighted by Crippen LogP contribution is 2.25. The van der Waals surface area contributed by atoms with Crippen molar-refractivity contribution < 1.29 is 9.53 Å². The van der Waals surface area contributed by atoms with Gasteiger partial charge in [-0.15, -0.1) is 0 Å². The Kier molecular flexibility index (Phi) is 3.69. The maximum atomic E-state index is 12.2. The lowest BCUT2D eigenvalue weighted by Crippen LogP contribution is -2.51. The van der Waals surface area contributed by atoms with E-state index in [9.17, 15) is 4.79 Å². The van der Waals surface area contributed by atoms with Crippen LogP contribution in [0.4, 0.5) is 4.79 Å². The van der Waals surface area contributed by atoms with Gasteiger partial charge in [0.15, 0.2) is 0 Å². The number of amides is 1. The first kappa shape index (κ1) is 12.5. The fourth-order valence-corrected chi connectivity index (χ4v) is 3.10. The molecule has 2 aliphatic heterocycles. The van der Waals surface area contributed by atoms with Crippen molar-refractivity contribution in [1.82, 2.24) is 10.2 Å². The zero-order valence-corrected chi connectivity index (χ0v) is 11.0. The van der Waals surface area contributed by atoms with Crippen LogP contribution in [0, 0.1) is 0 Å². The SMILES string of the molecule is O=C(OCc1ccccc1)N1CCCC2NCCC21. The van der Waals surface area contributed by atoms with Crippen molar-refractivity contribution in [1.29, 1.82) is 0 Å². The van der Waals surface area contributed by atoms with Crippen LogP contribution in [-0.2, 0) is 11.3 Å². The Morgan fingerprint density at radius 1 is 1.32 bits per heavy atom. The lowest BCUT2D eigenvalue weighted by atomic mass is 9.98. The van der Waals surface area contributed by atoms with Gasteiger partial charge in [-0.3, -0.25) is 0 Å². The summed E-state index contributed by atoms with van der Waals surface area (Å²) in [4.78, 5) is 14.1. The summed E-state index contributed by atoms with van der Waals surface area (Å²) in [5.41, 5.74) is 1.04. The van der Waals surface area contributed by atoms with Crippen LogP contribution >= 0.6 is 0 Å². The van der Waals surface area contributed by atoms with Crippen molar-refractivity contribution in [3.8, 4) is 0 Å². The number of rotatable bonds is 2. The molecule has 4 nitrogen and oxygen atoms in total. The molecule has 1 amide bonds. The van der Waals surface area contributed by atoms with Crippen LogP contribution in [0.5, 0.6) is 0 Å². The minimum atomic E-state index is -0.165. The molecule has 2 aliphatic rings. The Labute approximate surface area is 113 Å². The second-order valence-corrected chi connectivity index (χ2v) is 5.29. The Morgan fingerprint density at radius 2 is 2.16 bits per heavy atom. The molecule has 2 heterocycles. The standard InChI is InChI=1S/C15H20N2O2/c18-15(19-11-12-5-2-1-3-6-12)17-10-4-7-13-14(17)8-9-16-13/h1-3,5-6,13-14,16H,4,7-11H2. The Hall–Kier alpha value is -1.55. The van der Waals surface area contributed by atoms with Crippen molar-refractivity contribution in [3.05, 3.63) is 35.9 Å². The minimum absolute atomic E-state index is 0.165. The Bertz CT molecular complexity index is 435. The number of benzene rings is 1. The van der Waals surface area contributed by atoms with E-state index in [1.807, 2.05) is 35.2 Å². The van der Waals surface area contributed by atoms with Crippen LogP contribution in [-0.4, -0.2) is 36.2 Å². The molecule has 1 aromatic rings. The molecule has 0 saturated carbocycles. The number of hydrogen-bond acceptors (Lipinski definition) is 3. The topological polar surface area (TPSA) is 41.6 Å². The summed E-state index contributed by atoms with van der Waals surface area (Å²) in [5, 5.41) is 3.47. The quantitative estimate of drug-likeness (QED) is 0.886. The summed E-state index contributed by atoms with van der Waals surface area (Å²) >= 11 is 0. The van der Waals surface area contributed by atoms with Gasteiger partial charge in [0, 0.05) is 12.6 Å². The molecule has 0 spiro atoms. The van der Waals surface area contributed by atoms with Gasteiger partial charge in [0.05, 0.1) is 6.04 Å². The number of carbonyl (C=O) groups excluding carboxylic acids is 1. The monoisotopic (exact) mass is 260 g/mol. The first-order valence-electron chi connectivity index (χ1n) is 7.05. The summed E-state index contributed by atoms with van der Waals surface area (Å²) in [5.74, 6) is 0. The van der Waals surface area contributed by atoms with Crippen LogP contribution < -0.4 is 5.32 Å². The average molecular weight is 260 g/mol. The first-order valence-corrected chi connectivity index (χ1v) is 7.05. The number of fused-ring (bicyclic) bond motifs is 1. The Morgan fingerprint density at radius 3 is 3.00 bits per heavy atom. The highest BCUT2D eigenvalue weighted by atomic mass is 16.6. The van der Waals surface area contributed by atoms with Gasteiger partial charge in [0.25, 0.3) is 0 Å². The van der Waals surface area contributed by atoms with Crippen molar-refractivity contribution >= 4 is 6.09 Å². The molecular formula is C15H20N2O2. The number of piperidine rings is 1. The van der Waals surface area contributed by atoms with E-state index in [0.29, 0.717) is 18.7 Å². The molecule has 2 saturated heterocycles. The number of ether oxygens (including phenoxy) is 1. The first-order chi connectivity index (χ1) is 9.34. The summed E-state index contributed by atoms with van der Waals surface area (Å²) in [7, 11) is 0. The molecule has 2 atom stereocenters. The normalized spacial score (nSPS) is 26.0. The van der Waals surface area contributed by atoms with E-state index in [1.165, 1.54) is 6.42 Å². The van der Waals surface area contributed by atoms with E-state index in [0.717, 1.165) is 31.5 Å². The summed E-state index contributed by atoms with van der Waals surface area (Å²) < 4.78 is 5.43. The largest absolute Gasteiger partial charge is 0.445 e. The number of carbonyl (C=O) groups is 1. The van der Waals surface area contributed by atoms with Gasteiger partial charge in [0.1, 0.15) is 6.61 Å².